The van der Waals surface area contributed by atoms with E-state index in [0.717, 1.165) is 32.2 Å². The van der Waals surface area contributed by atoms with Crippen molar-refractivity contribution in [1.29, 1.82) is 0 Å². The van der Waals surface area contributed by atoms with Gasteiger partial charge in [0, 0.05) is 11.7 Å². The number of hydrogen-bond donors (Lipinski definition) is 2. The molecule has 1 aromatic heterocycles. The van der Waals surface area contributed by atoms with Gasteiger partial charge in [-0.2, -0.15) is 5.10 Å². The molecular formula is C12H20ClN3O. The molecule has 0 aromatic carbocycles. The number of halogens is 1. The van der Waals surface area contributed by atoms with Gasteiger partial charge >= 0.3 is 0 Å². The van der Waals surface area contributed by atoms with Crippen LogP contribution in [0.1, 0.15) is 38.6 Å². The summed E-state index contributed by atoms with van der Waals surface area (Å²) in [5.41, 5.74) is -0.126. The summed E-state index contributed by atoms with van der Waals surface area (Å²) in [6.45, 7) is 3.28. The van der Waals surface area contributed by atoms with Crippen LogP contribution in [0.3, 0.4) is 0 Å². The summed E-state index contributed by atoms with van der Waals surface area (Å²) in [5.74, 6) is 0. The third kappa shape index (κ3) is 2.81. The molecule has 0 bridgehead atoms. The molecule has 17 heavy (non-hydrogen) atoms. The van der Waals surface area contributed by atoms with Crippen molar-refractivity contribution < 1.29 is 5.11 Å². The minimum atomic E-state index is -0.126. The van der Waals surface area contributed by atoms with E-state index in [0.29, 0.717) is 11.1 Å². The van der Waals surface area contributed by atoms with E-state index in [1.54, 1.807) is 6.20 Å². The Balaban J connectivity index is 2.01. The standard InChI is InChI=1S/C12H20ClN3O/c1-2-5-14-12(9-17)4-3-11(6-12)16-8-10(13)7-15-16/h7-8,11,14,17H,2-6,9H2,1H3. The Bertz CT molecular complexity index is 368. The zero-order chi connectivity index (χ0) is 12.3. The number of nitrogens with one attached hydrogen (secondary N) is 1. The summed E-state index contributed by atoms with van der Waals surface area (Å²) in [6, 6.07) is 0.346. The maximum atomic E-state index is 9.59. The van der Waals surface area contributed by atoms with Gasteiger partial charge in [-0.05, 0) is 32.2 Å². The summed E-state index contributed by atoms with van der Waals surface area (Å²) in [4.78, 5) is 0. The third-order valence-corrected chi connectivity index (χ3v) is 3.77. The van der Waals surface area contributed by atoms with Gasteiger partial charge in [0.05, 0.1) is 23.9 Å². The van der Waals surface area contributed by atoms with E-state index in [9.17, 15) is 5.11 Å². The van der Waals surface area contributed by atoms with Crippen LogP contribution < -0.4 is 5.32 Å². The van der Waals surface area contributed by atoms with Crippen LogP contribution in [0, 0.1) is 0 Å². The molecule has 2 unspecified atom stereocenters. The molecule has 1 heterocycles. The maximum Gasteiger partial charge on any atom is 0.0785 e. The largest absolute Gasteiger partial charge is 0.394 e. The van der Waals surface area contributed by atoms with E-state index >= 15 is 0 Å². The average molecular weight is 258 g/mol. The smallest absolute Gasteiger partial charge is 0.0785 e. The molecule has 0 saturated heterocycles. The lowest BCUT2D eigenvalue weighted by Crippen LogP contribution is -2.46. The quantitative estimate of drug-likeness (QED) is 0.848. The minimum absolute atomic E-state index is 0.126. The Kier molecular flexibility index (Phi) is 4.07. The molecule has 2 atom stereocenters. The SMILES string of the molecule is CCCNC1(CO)CCC(n2cc(Cl)cn2)C1. The van der Waals surface area contributed by atoms with E-state index in [1.807, 2.05) is 10.9 Å². The Morgan fingerprint density at radius 1 is 1.71 bits per heavy atom. The second-order valence-corrected chi connectivity index (χ2v) is 5.34. The Hall–Kier alpha value is -0.580. The van der Waals surface area contributed by atoms with Crippen molar-refractivity contribution in [1.82, 2.24) is 15.1 Å². The lowest BCUT2D eigenvalue weighted by molar-refractivity contribution is 0.160. The van der Waals surface area contributed by atoms with Crippen molar-refractivity contribution in [2.24, 2.45) is 0 Å². The summed E-state index contributed by atoms with van der Waals surface area (Å²) in [7, 11) is 0. The van der Waals surface area contributed by atoms with E-state index in [1.165, 1.54) is 0 Å². The van der Waals surface area contributed by atoms with Crippen LogP contribution in [0.25, 0.3) is 0 Å². The van der Waals surface area contributed by atoms with Crippen LogP contribution in [0.5, 0.6) is 0 Å². The van der Waals surface area contributed by atoms with Gasteiger partial charge in [0.1, 0.15) is 0 Å². The van der Waals surface area contributed by atoms with Crippen molar-refractivity contribution in [3.05, 3.63) is 17.4 Å². The first kappa shape index (κ1) is 12.9. The molecule has 1 fully saturated rings. The number of aliphatic hydroxyl groups excluding tert-OH is 1. The van der Waals surface area contributed by atoms with E-state index < -0.39 is 0 Å². The fraction of sp³-hybridized carbons (Fsp3) is 0.750. The lowest BCUT2D eigenvalue weighted by Gasteiger charge is -2.28. The highest BCUT2D eigenvalue weighted by atomic mass is 35.5. The highest BCUT2D eigenvalue weighted by molar-refractivity contribution is 6.30. The second kappa shape index (κ2) is 5.38. The highest BCUT2D eigenvalue weighted by Gasteiger charge is 2.39. The molecule has 1 aliphatic rings. The van der Waals surface area contributed by atoms with Gasteiger partial charge in [-0.15, -0.1) is 0 Å². The topological polar surface area (TPSA) is 50.1 Å². The molecule has 96 valence electrons. The molecule has 5 heteroatoms. The predicted octanol–water partition coefficient (Wildman–Crippen LogP) is 1.99. The van der Waals surface area contributed by atoms with Crippen LogP contribution in [0.2, 0.25) is 5.02 Å². The number of aliphatic hydroxyl groups is 1. The molecule has 0 spiro atoms. The van der Waals surface area contributed by atoms with E-state index in [-0.39, 0.29) is 12.1 Å². The highest BCUT2D eigenvalue weighted by Crippen LogP contribution is 2.37. The first-order valence-corrected chi connectivity index (χ1v) is 6.62. The van der Waals surface area contributed by atoms with Crippen LogP contribution in [-0.2, 0) is 0 Å². The zero-order valence-electron chi connectivity index (χ0n) is 10.2. The Labute approximate surface area is 107 Å². The average Bonchev–Trinajstić information content (AvgIpc) is 2.93. The second-order valence-electron chi connectivity index (χ2n) is 4.90. The van der Waals surface area contributed by atoms with Crippen molar-refractivity contribution in [2.45, 2.75) is 44.2 Å². The third-order valence-electron chi connectivity index (χ3n) is 3.58. The minimum Gasteiger partial charge on any atom is -0.394 e. The fourth-order valence-electron chi connectivity index (χ4n) is 2.59. The molecule has 0 radical (unpaired) electrons. The summed E-state index contributed by atoms with van der Waals surface area (Å²) >= 11 is 5.88. The molecule has 1 saturated carbocycles. The van der Waals surface area contributed by atoms with Gasteiger partial charge in [0.15, 0.2) is 0 Å². The van der Waals surface area contributed by atoms with Gasteiger partial charge in [-0.1, -0.05) is 18.5 Å². The van der Waals surface area contributed by atoms with Crippen molar-refractivity contribution in [2.75, 3.05) is 13.2 Å². The predicted molar refractivity (Wildman–Crippen MR) is 68.2 cm³/mol. The normalized spacial score (nSPS) is 28.8. The molecule has 2 N–H and O–H groups in total. The summed E-state index contributed by atoms with van der Waals surface area (Å²) in [5, 5.41) is 18.0. The zero-order valence-corrected chi connectivity index (χ0v) is 11.0. The molecule has 1 aromatic rings. The number of nitrogens with zero attached hydrogens (tertiary/aromatic N) is 2. The fourth-order valence-corrected chi connectivity index (χ4v) is 2.73. The Morgan fingerprint density at radius 3 is 3.12 bits per heavy atom. The van der Waals surface area contributed by atoms with Gasteiger partial charge in [-0.3, -0.25) is 4.68 Å². The first-order valence-electron chi connectivity index (χ1n) is 6.24. The lowest BCUT2D eigenvalue weighted by atomic mass is 9.98. The number of hydrogen-bond acceptors (Lipinski definition) is 3. The van der Waals surface area contributed by atoms with Crippen molar-refractivity contribution in [3.63, 3.8) is 0 Å². The van der Waals surface area contributed by atoms with E-state index in [4.69, 9.17) is 11.6 Å². The molecular weight excluding hydrogens is 238 g/mol. The van der Waals surface area contributed by atoms with Crippen molar-refractivity contribution >= 4 is 11.6 Å². The first-order chi connectivity index (χ1) is 8.19. The number of rotatable bonds is 5. The van der Waals surface area contributed by atoms with Crippen LogP contribution in [-0.4, -0.2) is 33.6 Å². The van der Waals surface area contributed by atoms with E-state index in [2.05, 4.69) is 17.3 Å². The Morgan fingerprint density at radius 2 is 2.53 bits per heavy atom. The monoisotopic (exact) mass is 257 g/mol. The summed E-state index contributed by atoms with van der Waals surface area (Å²) < 4.78 is 1.92. The van der Waals surface area contributed by atoms with Gasteiger partial charge in [-0.25, -0.2) is 0 Å². The van der Waals surface area contributed by atoms with Gasteiger partial charge in [0.2, 0.25) is 0 Å². The maximum absolute atomic E-state index is 9.59. The molecule has 4 nitrogen and oxygen atoms in total. The van der Waals surface area contributed by atoms with Gasteiger partial charge < -0.3 is 10.4 Å². The summed E-state index contributed by atoms with van der Waals surface area (Å²) in [6.07, 6.45) is 7.56. The van der Waals surface area contributed by atoms with Crippen LogP contribution in [0.15, 0.2) is 12.4 Å². The van der Waals surface area contributed by atoms with Crippen LogP contribution >= 0.6 is 11.6 Å². The van der Waals surface area contributed by atoms with Crippen molar-refractivity contribution in [3.8, 4) is 0 Å². The molecule has 1 aliphatic carbocycles. The molecule has 2 rings (SSSR count). The molecule has 0 amide bonds. The number of aromatic nitrogens is 2. The van der Waals surface area contributed by atoms with Gasteiger partial charge in [0.25, 0.3) is 0 Å². The van der Waals surface area contributed by atoms with Crippen LogP contribution in [0.4, 0.5) is 0 Å². The molecule has 0 aliphatic heterocycles.